The van der Waals surface area contributed by atoms with Crippen LogP contribution in [0, 0.1) is 11.3 Å². The molecule has 1 rings (SSSR count). The molecule has 0 unspecified atom stereocenters. The molecule has 1 saturated heterocycles. The minimum absolute atomic E-state index is 0.193. The van der Waals surface area contributed by atoms with Crippen molar-refractivity contribution in [2.24, 2.45) is 11.3 Å². The molecule has 0 N–H and O–H groups in total. The molecule has 19 heavy (non-hydrogen) atoms. The number of hydrogen-bond acceptors (Lipinski definition) is 3. The van der Waals surface area contributed by atoms with Gasteiger partial charge in [-0.25, -0.2) is 4.79 Å². The largest absolute Gasteiger partial charge is 0.333 e. The van der Waals surface area contributed by atoms with Gasteiger partial charge in [0, 0.05) is 13.1 Å². The van der Waals surface area contributed by atoms with Crippen molar-refractivity contribution in [3.8, 4) is 0 Å². The predicted molar refractivity (Wildman–Crippen MR) is 72.3 cm³/mol. The standard InChI is InChI=1S/C14H22N2O3/c1-6-9-14(10(4)5)11(17)15(7-2)13(19)16(8-3)12(14)18/h6,10H,1,7-9H2,2-5H3. The molecule has 0 aliphatic carbocycles. The Balaban J connectivity index is 3.41. The van der Waals surface area contributed by atoms with Crippen molar-refractivity contribution in [3.63, 3.8) is 0 Å². The van der Waals surface area contributed by atoms with E-state index in [0.29, 0.717) is 0 Å². The summed E-state index contributed by atoms with van der Waals surface area (Å²) in [7, 11) is 0. The van der Waals surface area contributed by atoms with Gasteiger partial charge in [0.25, 0.3) is 0 Å². The Labute approximate surface area is 114 Å². The number of amides is 4. The average Bonchev–Trinajstić information content (AvgIpc) is 2.35. The Morgan fingerprint density at radius 3 is 1.79 bits per heavy atom. The predicted octanol–water partition coefficient (Wildman–Crippen LogP) is 2.04. The summed E-state index contributed by atoms with van der Waals surface area (Å²) < 4.78 is 0. The van der Waals surface area contributed by atoms with Crippen molar-refractivity contribution in [2.75, 3.05) is 13.1 Å². The first-order chi connectivity index (χ1) is 8.88. The van der Waals surface area contributed by atoms with Crippen LogP contribution in [-0.2, 0) is 9.59 Å². The molecule has 1 aliphatic rings. The second-order valence-electron chi connectivity index (χ2n) is 5.00. The van der Waals surface area contributed by atoms with Gasteiger partial charge in [-0.2, -0.15) is 0 Å². The highest BCUT2D eigenvalue weighted by molar-refractivity contribution is 6.19. The number of urea groups is 1. The molecule has 106 valence electrons. The number of allylic oxidation sites excluding steroid dienone is 1. The van der Waals surface area contributed by atoms with E-state index in [-0.39, 0.29) is 25.4 Å². The van der Waals surface area contributed by atoms with E-state index in [4.69, 9.17) is 0 Å². The molecule has 0 radical (unpaired) electrons. The number of hydrogen-bond donors (Lipinski definition) is 0. The second-order valence-corrected chi connectivity index (χ2v) is 5.00. The zero-order chi connectivity index (χ0) is 14.8. The minimum atomic E-state index is -1.19. The van der Waals surface area contributed by atoms with Gasteiger partial charge in [-0.15, -0.1) is 6.58 Å². The minimum Gasteiger partial charge on any atom is -0.273 e. The molecule has 0 saturated carbocycles. The maximum atomic E-state index is 12.6. The van der Waals surface area contributed by atoms with E-state index in [9.17, 15) is 14.4 Å². The van der Waals surface area contributed by atoms with Crippen LogP contribution in [0.25, 0.3) is 0 Å². The molecule has 1 fully saturated rings. The van der Waals surface area contributed by atoms with Crippen LogP contribution in [0.15, 0.2) is 12.7 Å². The number of barbiturate groups is 1. The quantitative estimate of drug-likeness (QED) is 0.565. The van der Waals surface area contributed by atoms with E-state index < -0.39 is 23.3 Å². The molecule has 0 spiro atoms. The molecule has 5 nitrogen and oxygen atoms in total. The van der Waals surface area contributed by atoms with Gasteiger partial charge in [0.05, 0.1) is 0 Å². The fourth-order valence-corrected chi connectivity index (χ4v) is 2.58. The summed E-state index contributed by atoms with van der Waals surface area (Å²) in [6.45, 7) is 11.3. The third-order valence-corrected chi connectivity index (χ3v) is 3.80. The molecule has 0 aromatic carbocycles. The van der Waals surface area contributed by atoms with Crippen molar-refractivity contribution in [3.05, 3.63) is 12.7 Å². The summed E-state index contributed by atoms with van der Waals surface area (Å²) in [5.74, 6) is -0.990. The van der Waals surface area contributed by atoms with E-state index in [1.54, 1.807) is 19.9 Å². The Bertz CT molecular complexity index is 389. The molecule has 0 aromatic heterocycles. The van der Waals surface area contributed by atoms with Crippen molar-refractivity contribution in [2.45, 2.75) is 34.1 Å². The van der Waals surface area contributed by atoms with Gasteiger partial charge in [0.1, 0.15) is 5.41 Å². The first-order valence-corrected chi connectivity index (χ1v) is 6.67. The third kappa shape index (κ3) is 2.07. The molecule has 4 amide bonds. The zero-order valence-corrected chi connectivity index (χ0v) is 12.1. The Morgan fingerprint density at radius 1 is 1.11 bits per heavy atom. The Morgan fingerprint density at radius 2 is 1.53 bits per heavy atom. The molecule has 0 aromatic rings. The smallest absolute Gasteiger partial charge is 0.273 e. The van der Waals surface area contributed by atoms with Crippen LogP contribution in [0.3, 0.4) is 0 Å². The normalized spacial score (nSPS) is 19.3. The summed E-state index contributed by atoms with van der Waals surface area (Å²) in [5, 5.41) is 0. The maximum Gasteiger partial charge on any atom is 0.333 e. The lowest BCUT2D eigenvalue weighted by atomic mass is 9.71. The lowest BCUT2D eigenvalue weighted by Gasteiger charge is -2.45. The molecule has 0 bridgehead atoms. The van der Waals surface area contributed by atoms with E-state index in [2.05, 4.69) is 6.58 Å². The highest BCUT2D eigenvalue weighted by atomic mass is 16.2. The first kappa shape index (κ1) is 15.4. The van der Waals surface area contributed by atoms with E-state index >= 15 is 0 Å². The summed E-state index contributed by atoms with van der Waals surface area (Å²) in [6.07, 6.45) is 1.83. The number of carbonyl (C=O) groups excluding carboxylic acids is 3. The van der Waals surface area contributed by atoms with Crippen LogP contribution in [-0.4, -0.2) is 40.7 Å². The molecule has 5 heteroatoms. The van der Waals surface area contributed by atoms with Crippen LogP contribution >= 0.6 is 0 Å². The second kappa shape index (κ2) is 5.55. The van der Waals surface area contributed by atoms with Crippen LogP contribution in [0.2, 0.25) is 0 Å². The van der Waals surface area contributed by atoms with Gasteiger partial charge in [-0.05, 0) is 26.2 Å². The maximum absolute atomic E-state index is 12.6. The van der Waals surface area contributed by atoms with Crippen LogP contribution in [0.1, 0.15) is 34.1 Å². The lowest BCUT2D eigenvalue weighted by molar-refractivity contribution is -0.161. The molecular weight excluding hydrogens is 244 g/mol. The van der Waals surface area contributed by atoms with Gasteiger partial charge >= 0.3 is 6.03 Å². The monoisotopic (exact) mass is 266 g/mol. The van der Waals surface area contributed by atoms with Crippen molar-refractivity contribution in [1.82, 2.24) is 9.80 Å². The number of nitrogens with zero attached hydrogens (tertiary/aromatic N) is 2. The fourth-order valence-electron chi connectivity index (χ4n) is 2.58. The summed E-state index contributed by atoms with van der Waals surface area (Å²) >= 11 is 0. The molecule has 0 atom stereocenters. The van der Waals surface area contributed by atoms with Crippen LogP contribution in [0.5, 0.6) is 0 Å². The van der Waals surface area contributed by atoms with Gasteiger partial charge in [0.2, 0.25) is 11.8 Å². The van der Waals surface area contributed by atoms with Gasteiger partial charge in [0.15, 0.2) is 0 Å². The van der Waals surface area contributed by atoms with Crippen molar-refractivity contribution in [1.29, 1.82) is 0 Å². The Kier molecular flexibility index (Phi) is 4.50. The number of carbonyl (C=O) groups is 3. The van der Waals surface area contributed by atoms with E-state index in [1.807, 2.05) is 13.8 Å². The Hall–Kier alpha value is -1.65. The van der Waals surface area contributed by atoms with E-state index in [1.165, 1.54) is 0 Å². The zero-order valence-electron chi connectivity index (χ0n) is 12.1. The summed E-state index contributed by atoms with van der Waals surface area (Å²) in [5.41, 5.74) is -1.19. The number of imide groups is 2. The molecule has 1 aliphatic heterocycles. The van der Waals surface area contributed by atoms with E-state index in [0.717, 1.165) is 9.80 Å². The SMILES string of the molecule is C=CCC1(C(C)C)C(=O)N(CC)C(=O)N(CC)C1=O. The topological polar surface area (TPSA) is 57.7 Å². The summed E-state index contributed by atoms with van der Waals surface area (Å²) in [6, 6.07) is -0.514. The molecule has 1 heterocycles. The van der Waals surface area contributed by atoms with Crippen LogP contribution in [0.4, 0.5) is 4.79 Å². The first-order valence-electron chi connectivity index (χ1n) is 6.67. The third-order valence-electron chi connectivity index (χ3n) is 3.80. The summed E-state index contributed by atoms with van der Waals surface area (Å²) in [4.78, 5) is 39.6. The van der Waals surface area contributed by atoms with Crippen LogP contribution < -0.4 is 0 Å². The van der Waals surface area contributed by atoms with Gasteiger partial charge in [-0.1, -0.05) is 19.9 Å². The van der Waals surface area contributed by atoms with Gasteiger partial charge in [-0.3, -0.25) is 19.4 Å². The lowest BCUT2D eigenvalue weighted by Crippen LogP contribution is -2.66. The van der Waals surface area contributed by atoms with Gasteiger partial charge < -0.3 is 0 Å². The van der Waals surface area contributed by atoms with Crippen molar-refractivity contribution < 1.29 is 14.4 Å². The fraction of sp³-hybridized carbons (Fsp3) is 0.643. The van der Waals surface area contributed by atoms with Crippen molar-refractivity contribution >= 4 is 17.8 Å². The average molecular weight is 266 g/mol. The number of rotatable bonds is 5. The highest BCUT2D eigenvalue weighted by Gasteiger charge is 2.57. The highest BCUT2D eigenvalue weighted by Crippen LogP contribution is 2.39. The molecular formula is C14H22N2O3.